The van der Waals surface area contributed by atoms with Crippen LogP contribution in [0.3, 0.4) is 0 Å². The van der Waals surface area contributed by atoms with Crippen LogP contribution in [0.1, 0.15) is 24.2 Å². The Morgan fingerprint density at radius 1 is 1.35 bits per heavy atom. The molecule has 0 spiro atoms. The van der Waals surface area contributed by atoms with Gasteiger partial charge >= 0.3 is 0 Å². The van der Waals surface area contributed by atoms with Crippen LogP contribution >= 0.6 is 0 Å². The smallest absolute Gasteiger partial charge is 0.251 e. The number of halogens is 1. The van der Waals surface area contributed by atoms with Crippen molar-refractivity contribution in [3.05, 3.63) is 29.6 Å². The van der Waals surface area contributed by atoms with Crippen molar-refractivity contribution in [1.82, 2.24) is 10.0 Å². The van der Waals surface area contributed by atoms with Crippen LogP contribution in [0.4, 0.5) is 10.1 Å². The summed E-state index contributed by atoms with van der Waals surface area (Å²) in [6.45, 7) is 3.29. The van der Waals surface area contributed by atoms with Crippen molar-refractivity contribution in [3.63, 3.8) is 0 Å². The molecule has 112 valence electrons. The minimum atomic E-state index is -3.39. The molecule has 0 heterocycles. The summed E-state index contributed by atoms with van der Waals surface area (Å²) in [5.74, 6) is -1.14. The van der Waals surface area contributed by atoms with E-state index in [1.165, 1.54) is 6.07 Å². The fourth-order valence-electron chi connectivity index (χ4n) is 1.68. The van der Waals surface area contributed by atoms with Crippen molar-refractivity contribution in [2.75, 3.05) is 18.5 Å². The van der Waals surface area contributed by atoms with E-state index in [0.717, 1.165) is 18.4 Å². The van der Waals surface area contributed by atoms with E-state index in [1.807, 2.05) is 0 Å². The first-order valence-corrected chi connectivity index (χ1v) is 7.71. The highest BCUT2D eigenvalue weighted by Gasteiger charge is 2.23. The highest BCUT2D eigenvalue weighted by Crippen LogP contribution is 2.11. The van der Waals surface area contributed by atoms with E-state index in [0.29, 0.717) is 0 Å². The molecule has 4 N–H and O–H groups in total. The lowest BCUT2D eigenvalue weighted by Crippen LogP contribution is -2.51. The van der Waals surface area contributed by atoms with Crippen molar-refractivity contribution in [2.24, 2.45) is 0 Å². The van der Waals surface area contributed by atoms with E-state index in [2.05, 4.69) is 10.0 Å². The maximum absolute atomic E-state index is 13.1. The van der Waals surface area contributed by atoms with Crippen LogP contribution in [0.2, 0.25) is 0 Å². The van der Waals surface area contributed by atoms with Gasteiger partial charge in [-0.15, -0.1) is 0 Å². The lowest BCUT2D eigenvalue weighted by molar-refractivity contribution is 0.0944. The molecule has 0 saturated heterocycles. The van der Waals surface area contributed by atoms with Gasteiger partial charge in [-0.25, -0.2) is 17.5 Å². The van der Waals surface area contributed by atoms with Gasteiger partial charge in [0, 0.05) is 23.3 Å². The molecule has 0 aliphatic heterocycles. The summed E-state index contributed by atoms with van der Waals surface area (Å²) in [4.78, 5) is 11.9. The number of amides is 1. The summed E-state index contributed by atoms with van der Waals surface area (Å²) >= 11 is 0. The zero-order chi connectivity index (χ0) is 15.6. The molecule has 8 heteroatoms. The quantitative estimate of drug-likeness (QED) is 0.688. The molecule has 0 bridgehead atoms. The maximum atomic E-state index is 13.1. The number of nitrogens with one attached hydrogen (secondary N) is 2. The third-order valence-corrected chi connectivity index (χ3v) is 3.26. The predicted octanol–water partition coefficient (Wildman–Crippen LogP) is 0.466. The van der Waals surface area contributed by atoms with Crippen LogP contribution in [-0.4, -0.2) is 32.7 Å². The lowest BCUT2D eigenvalue weighted by Gasteiger charge is -2.25. The van der Waals surface area contributed by atoms with Crippen LogP contribution in [0.25, 0.3) is 0 Å². The molecule has 1 aromatic carbocycles. The molecule has 0 fully saturated rings. The molecule has 0 aliphatic rings. The van der Waals surface area contributed by atoms with Crippen molar-refractivity contribution < 1.29 is 17.6 Å². The second kappa shape index (κ2) is 5.76. The number of carbonyl (C=O) groups is 1. The Bertz CT molecular complexity index is 594. The molecule has 0 atom stereocenters. The van der Waals surface area contributed by atoms with Gasteiger partial charge in [0.25, 0.3) is 5.91 Å². The molecule has 0 saturated carbocycles. The molecule has 1 amide bonds. The number of sulfonamides is 1. The standard InChI is InChI=1S/C12H18FN3O3S/c1-12(2,16-20(3,18)19)7-15-11(17)8-4-9(13)6-10(14)5-8/h4-6,16H,7,14H2,1-3H3,(H,15,17). The summed E-state index contributed by atoms with van der Waals surface area (Å²) in [6, 6.07) is 3.50. The Morgan fingerprint density at radius 2 is 1.95 bits per heavy atom. The van der Waals surface area contributed by atoms with E-state index in [4.69, 9.17) is 5.73 Å². The van der Waals surface area contributed by atoms with E-state index in [1.54, 1.807) is 13.8 Å². The van der Waals surface area contributed by atoms with Crippen molar-refractivity contribution in [3.8, 4) is 0 Å². The minimum absolute atomic E-state index is 0.0509. The Labute approximate surface area is 117 Å². The number of carbonyl (C=O) groups excluding carboxylic acids is 1. The topological polar surface area (TPSA) is 101 Å². The number of anilines is 1. The summed E-state index contributed by atoms with van der Waals surface area (Å²) in [5, 5.41) is 2.53. The molecule has 0 aliphatic carbocycles. The predicted molar refractivity (Wildman–Crippen MR) is 75.2 cm³/mol. The monoisotopic (exact) mass is 303 g/mol. The highest BCUT2D eigenvalue weighted by molar-refractivity contribution is 7.88. The third kappa shape index (κ3) is 5.54. The molecular formula is C12H18FN3O3S. The van der Waals surface area contributed by atoms with Gasteiger partial charge in [0.2, 0.25) is 10.0 Å². The van der Waals surface area contributed by atoms with Gasteiger partial charge in [-0.1, -0.05) is 0 Å². The van der Waals surface area contributed by atoms with Crippen LogP contribution in [0.5, 0.6) is 0 Å². The second-order valence-electron chi connectivity index (χ2n) is 5.21. The second-order valence-corrected chi connectivity index (χ2v) is 6.96. The first kappa shape index (κ1) is 16.4. The van der Waals surface area contributed by atoms with Gasteiger partial charge in [0.15, 0.2) is 0 Å². The number of hydrogen-bond donors (Lipinski definition) is 3. The lowest BCUT2D eigenvalue weighted by atomic mass is 10.1. The Balaban J connectivity index is 2.72. The largest absolute Gasteiger partial charge is 0.399 e. The van der Waals surface area contributed by atoms with E-state index >= 15 is 0 Å². The highest BCUT2D eigenvalue weighted by atomic mass is 32.2. The number of nitrogens with two attached hydrogens (primary N) is 1. The fourth-order valence-corrected chi connectivity index (χ4v) is 2.76. The van der Waals surface area contributed by atoms with Gasteiger partial charge in [-0.2, -0.15) is 0 Å². The average Bonchev–Trinajstić information content (AvgIpc) is 2.21. The van der Waals surface area contributed by atoms with Crippen LogP contribution in [0.15, 0.2) is 18.2 Å². The van der Waals surface area contributed by atoms with Gasteiger partial charge < -0.3 is 11.1 Å². The summed E-state index contributed by atoms with van der Waals surface area (Å²) in [6.07, 6.45) is 1.03. The number of benzene rings is 1. The van der Waals surface area contributed by atoms with E-state index in [9.17, 15) is 17.6 Å². The van der Waals surface area contributed by atoms with Crippen molar-refractivity contribution >= 4 is 21.6 Å². The van der Waals surface area contributed by atoms with E-state index < -0.39 is 27.3 Å². The van der Waals surface area contributed by atoms with Gasteiger partial charge in [-0.3, -0.25) is 4.79 Å². The molecule has 1 rings (SSSR count). The van der Waals surface area contributed by atoms with Crippen molar-refractivity contribution in [1.29, 1.82) is 0 Å². The Hall–Kier alpha value is -1.67. The van der Waals surface area contributed by atoms with Gasteiger partial charge in [0.1, 0.15) is 5.82 Å². The normalized spacial score (nSPS) is 12.2. The van der Waals surface area contributed by atoms with Gasteiger partial charge in [-0.05, 0) is 32.0 Å². The van der Waals surface area contributed by atoms with Crippen LogP contribution in [-0.2, 0) is 10.0 Å². The third-order valence-electron chi connectivity index (χ3n) is 2.33. The molecule has 0 unspecified atom stereocenters. The molecule has 0 aromatic heterocycles. The summed E-state index contributed by atoms with van der Waals surface area (Å²) < 4.78 is 37.8. The van der Waals surface area contributed by atoms with Gasteiger partial charge in [0.05, 0.1) is 6.26 Å². The average molecular weight is 303 g/mol. The summed E-state index contributed by atoms with van der Waals surface area (Å²) in [7, 11) is -3.39. The fraction of sp³-hybridized carbons (Fsp3) is 0.417. The zero-order valence-corrected chi connectivity index (χ0v) is 12.3. The van der Waals surface area contributed by atoms with Crippen LogP contribution in [0, 0.1) is 5.82 Å². The molecule has 20 heavy (non-hydrogen) atoms. The molecular weight excluding hydrogens is 285 g/mol. The summed E-state index contributed by atoms with van der Waals surface area (Å²) in [5.41, 5.74) is 4.82. The Morgan fingerprint density at radius 3 is 2.45 bits per heavy atom. The van der Waals surface area contributed by atoms with Crippen LogP contribution < -0.4 is 15.8 Å². The molecule has 0 radical (unpaired) electrons. The van der Waals surface area contributed by atoms with Crippen molar-refractivity contribution in [2.45, 2.75) is 19.4 Å². The first-order valence-electron chi connectivity index (χ1n) is 5.82. The number of hydrogen-bond acceptors (Lipinski definition) is 4. The minimum Gasteiger partial charge on any atom is -0.399 e. The maximum Gasteiger partial charge on any atom is 0.251 e. The molecule has 6 nitrogen and oxygen atoms in total. The zero-order valence-electron chi connectivity index (χ0n) is 11.5. The number of rotatable bonds is 5. The van der Waals surface area contributed by atoms with E-state index in [-0.39, 0.29) is 17.8 Å². The first-order chi connectivity index (χ1) is 8.98. The SMILES string of the molecule is CC(C)(CNC(=O)c1cc(N)cc(F)c1)NS(C)(=O)=O. The number of nitrogen functional groups attached to an aromatic ring is 1. The molecule has 1 aromatic rings. The Kier molecular flexibility index (Phi) is 4.72.